The molecule has 4 rings (SSSR count). The maximum absolute atomic E-state index is 13.2. The first-order valence-corrected chi connectivity index (χ1v) is 11.5. The average molecular weight is 502 g/mol. The van der Waals surface area contributed by atoms with Gasteiger partial charge in [0.2, 0.25) is 11.9 Å². The van der Waals surface area contributed by atoms with Crippen molar-refractivity contribution in [3.05, 3.63) is 59.2 Å². The van der Waals surface area contributed by atoms with E-state index in [9.17, 15) is 4.79 Å². The number of nitrogens with one attached hydrogen (secondary N) is 1. The van der Waals surface area contributed by atoms with E-state index in [-0.39, 0.29) is 11.9 Å². The zero-order chi connectivity index (χ0) is 24.2. The van der Waals surface area contributed by atoms with Crippen molar-refractivity contribution in [2.24, 2.45) is 5.92 Å². The number of halogens is 2. The number of fused-ring (bicyclic) bond motifs is 1. The molecule has 0 saturated carbocycles. The van der Waals surface area contributed by atoms with Gasteiger partial charge in [0, 0.05) is 23.3 Å². The molecule has 2 aromatic carbocycles. The second-order valence-electron chi connectivity index (χ2n) is 8.18. The van der Waals surface area contributed by atoms with Crippen LogP contribution in [0.25, 0.3) is 11.3 Å². The van der Waals surface area contributed by atoms with E-state index in [1.807, 2.05) is 31.1 Å². The monoisotopic (exact) mass is 501 g/mol. The van der Waals surface area contributed by atoms with Gasteiger partial charge in [-0.05, 0) is 62.5 Å². The summed E-state index contributed by atoms with van der Waals surface area (Å²) in [6.45, 7) is 1.14. The first-order valence-electron chi connectivity index (χ1n) is 10.7. The molecule has 178 valence electrons. The molecule has 2 unspecified atom stereocenters. The van der Waals surface area contributed by atoms with Crippen LogP contribution in [0.5, 0.6) is 11.5 Å². The Morgan fingerprint density at radius 2 is 2.09 bits per heavy atom. The molecule has 2 atom stereocenters. The summed E-state index contributed by atoms with van der Waals surface area (Å²) in [5, 5.41) is 3.53. The number of carbonyl (C=O) groups excluding carboxylic acids is 1. The van der Waals surface area contributed by atoms with Gasteiger partial charge in [-0.2, -0.15) is 0 Å². The summed E-state index contributed by atoms with van der Waals surface area (Å²) in [4.78, 5) is 23.4. The van der Waals surface area contributed by atoms with Crippen LogP contribution in [-0.4, -0.2) is 53.6 Å². The Labute approximate surface area is 208 Å². The van der Waals surface area contributed by atoms with Crippen molar-refractivity contribution in [2.75, 3.05) is 38.3 Å². The standard InChI is InChI=1S/C24H25Cl2N5O3/c1-31(2)9-10-33-21-13-14(18-7-8-28-24(27)30-18)3-5-19(21)29-23(32)17-12-15-11-16(25)4-6-20(15)34-22(17)26/h3-8,11,13,17,22H,9-10,12H2,1-2H3,(H,29,32)(H2,27,28,30). The molecule has 1 aliphatic heterocycles. The van der Waals surface area contributed by atoms with Crippen LogP contribution < -0.4 is 20.5 Å². The first-order chi connectivity index (χ1) is 16.3. The molecule has 34 heavy (non-hydrogen) atoms. The van der Waals surface area contributed by atoms with Crippen molar-refractivity contribution in [3.8, 4) is 22.8 Å². The summed E-state index contributed by atoms with van der Waals surface area (Å²) in [6, 6.07) is 12.5. The third-order valence-corrected chi connectivity index (χ3v) is 5.99. The van der Waals surface area contributed by atoms with Crippen molar-refractivity contribution in [2.45, 2.75) is 12.0 Å². The van der Waals surface area contributed by atoms with Crippen LogP contribution in [0.4, 0.5) is 11.6 Å². The first kappa shape index (κ1) is 24.1. The minimum absolute atomic E-state index is 0.177. The van der Waals surface area contributed by atoms with E-state index in [1.165, 1.54) is 0 Å². The molecule has 10 heteroatoms. The predicted molar refractivity (Wildman–Crippen MR) is 133 cm³/mol. The maximum atomic E-state index is 13.2. The zero-order valence-corrected chi connectivity index (χ0v) is 20.3. The lowest BCUT2D eigenvalue weighted by atomic mass is 9.95. The van der Waals surface area contributed by atoms with Gasteiger partial charge in [-0.15, -0.1) is 0 Å². The molecule has 1 aliphatic rings. The normalized spacial score (nSPS) is 17.1. The summed E-state index contributed by atoms with van der Waals surface area (Å²) < 4.78 is 11.8. The molecule has 3 aromatic rings. The van der Waals surface area contributed by atoms with Crippen molar-refractivity contribution >= 4 is 40.7 Å². The van der Waals surface area contributed by atoms with E-state index in [4.69, 9.17) is 38.4 Å². The summed E-state index contributed by atoms with van der Waals surface area (Å²) in [6.07, 6.45) is 2.00. The van der Waals surface area contributed by atoms with E-state index in [0.29, 0.717) is 47.5 Å². The summed E-state index contributed by atoms with van der Waals surface area (Å²) in [5.41, 5.74) is 7.72. The molecule has 3 N–H and O–H groups in total. The predicted octanol–water partition coefficient (Wildman–Crippen LogP) is 4.07. The van der Waals surface area contributed by atoms with Gasteiger partial charge in [0.1, 0.15) is 18.1 Å². The largest absolute Gasteiger partial charge is 0.490 e. The number of nitrogens with two attached hydrogens (primary N) is 1. The molecule has 0 aliphatic carbocycles. The number of aromatic nitrogens is 2. The van der Waals surface area contributed by atoms with Gasteiger partial charge >= 0.3 is 0 Å². The van der Waals surface area contributed by atoms with E-state index in [1.54, 1.807) is 36.5 Å². The summed E-state index contributed by atoms with van der Waals surface area (Å²) >= 11 is 12.5. The van der Waals surface area contributed by atoms with Gasteiger partial charge in [-0.1, -0.05) is 29.3 Å². The fraction of sp³-hybridized carbons (Fsp3) is 0.292. The van der Waals surface area contributed by atoms with Gasteiger partial charge in [-0.25, -0.2) is 9.97 Å². The third-order valence-electron chi connectivity index (χ3n) is 5.36. The Hall–Kier alpha value is -3.07. The number of hydrogen-bond donors (Lipinski definition) is 2. The summed E-state index contributed by atoms with van der Waals surface area (Å²) in [7, 11) is 3.92. The Kier molecular flexibility index (Phi) is 7.41. The highest BCUT2D eigenvalue weighted by Gasteiger charge is 2.34. The average Bonchev–Trinajstić information content (AvgIpc) is 2.79. The molecular weight excluding hydrogens is 477 g/mol. The SMILES string of the molecule is CN(C)CCOc1cc(-c2ccnc(N)n2)ccc1NC(=O)C1Cc2cc(Cl)ccc2OC1Cl. The minimum atomic E-state index is -0.810. The lowest BCUT2D eigenvalue weighted by molar-refractivity contribution is -0.121. The van der Waals surface area contributed by atoms with E-state index < -0.39 is 11.5 Å². The van der Waals surface area contributed by atoms with Crippen LogP contribution in [0.3, 0.4) is 0 Å². The molecule has 0 saturated heterocycles. The van der Waals surface area contributed by atoms with Crippen molar-refractivity contribution in [1.82, 2.24) is 14.9 Å². The Morgan fingerprint density at radius 1 is 1.26 bits per heavy atom. The third kappa shape index (κ3) is 5.70. The number of nitrogen functional groups attached to an aromatic ring is 1. The van der Waals surface area contributed by atoms with Crippen LogP contribution >= 0.6 is 23.2 Å². The molecule has 0 bridgehead atoms. The van der Waals surface area contributed by atoms with Gasteiger partial charge in [0.25, 0.3) is 0 Å². The number of ether oxygens (including phenoxy) is 2. The Balaban J connectivity index is 1.57. The number of anilines is 2. The minimum Gasteiger partial charge on any atom is -0.490 e. The molecule has 1 aromatic heterocycles. The number of amides is 1. The van der Waals surface area contributed by atoms with Crippen molar-refractivity contribution < 1.29 is 14.3 Å². The molecule has 2 heterocycles. The topological polar surface area (TPSA) is 103 Å². The molecule has 0 fully saturated rings. The van der Waals surface area contributed by atoms with Crippen LogP contribution in [0.1, 0.15) is 5.56 Å². The highest BCUT2D eigenvalue weighted by atomic mass is 35.5. The molecule has 0 spiro atoms. The van der Waals surface area contributed by atoms with Crippen LogP contribution in [-0.2, 0) is 11.2 Å². The fourth-order valence-corrected chi connectivity index (χ4v) is 4.06. The fourth-order valence-electron chi connectivity index (χ4n) is 3.57. The van der Waals surface area contributed by atoms with Crippen LogP contribution in [0.2, 0.25) is 5.02 Å². The zero-order valence-electron chi connectivity index (χ0n) is 18.8. The number of hydrogen-bond acceptors (Lipinski definition) is 7. The van der Waals surface area contributed by atoms with Gasteiger partial charge in [0.15, 0.2) is 5.56 Å². The maximum Gasteiger partial charge on any atom is 0.232 e. The van der Waals surface area contributed by atoms with Gasteiger partial charge in [0.05, 0.1) is 17.3 Å². The summed E-state index contributed by atoms with van der Waals surface area (Å²) in [5.74, 6) is 0.437. The van der Waals surface area contributed by atoms with Gasteiger partial charge in [-0.3, -0.25) is 4.79 Å². The molecule has 0 radical (unpaired) electrons. The van der Waals surface area contributed by atoms with E-state index >= 15 is 0 Å². The number of likely N-dealkylation sites (N-methyl/N-ethyl adjacent to an activating group) is 1. The number of carbonyl (C=O) groups is 1. The number of rotatable bonds is 7. The Morgan fingerprint density at radius 3 is 2.85 bits per heavy atom. The Bertz CT molecular complexity index is 1190. The molecule has 8 nitrogen and oxygen atoms in total. The smallest absolute Gasteiger partial charge is 0.232 e. The number of benzene rings is 2. The van der Waals surface area contributed by atoms with Crippen molar-refractivity contribution in [3.63, 3.8) is 0 Å². The second kappa shape index (κ2) is 10.5. The van der Waals surface area contributed by atoms with E-state index in [0.717, 1.165) is 11.1 Å². The highest BCUT2D eigenvalue weighted by molar-refractivity contribution is 6.30. The second-order valence-corrected chi connectivity index (χ2v) is 9.05. The van der Waals surface area contributed by atoms with E-state index in [2.05, 4.69) is 15.3 Å². The lowest BCUT2D eigenvalue weighted by Crippen LogP contribution is -2.37. The van der Waals surface area contributed by atoms with Gasteiger partial charge < -0.3 is 25.4 Å². The lowest BCUT2D eigenvalue weighted by Gasteiger charge is -2.29. The van der Waals surface area contributed by atoms with Crippen LogP contribution in [0.15, 0.2) is 48.7 Å². The molecule has 1 amide bonds. The highest BCUT2D eigenvalue weighted by Crippen LogP contribution is 2.36. The quantitative estimate of drug-likeness (QED) is 0.470. The van der Waals surface area contributed by atoms with Crippen molar-refractivity contribution in [1.29, 1.82) is 0 Å². The number of nitrogens with zero attached hydrogens (tertiary/aromatic N) is 3. The number of alkyl halides is 1. The van der Waals surface area contributed by atoms with Crippen LogP contribution in [0, 0.1) is 5.92 Å². The molecular formula is C24H25Cl2N5O3.